The number of allylic oxidation sites excluding steroid dienone is 1. The van der Waals surface area contributed by atoms with Gasteiger partial charge in [-0.15, -0.1) is 0 Å². The minimum Gasteiger partial charge on any atom is -0.490 e. The van der Waals surface area contributed by atoms with Gasteiger partial charge in [0.2, 0.25) is 0 Å². The van der Waals surface area contributed by atoms with E-state index in [1.165, 1.54) is 37.7 Å². The summed E-state index contributed by atoms with van der Waals surface area (Å²) in [6.07, 6.45) is 19.2. The van der Waals surface area contributed by atoms with Crippen LogP contribution in [0.25, 0.3) is 17.5 Å². The largest absolute Gasteiger partial charge is 0.490 e. The van der Waals surface area contributed by atoms with Gasteiger partial charge in [-0.25, -0.2) is 9.97 Å². The molecule has 0 amide bonds. The molecule has 0 saturated carbocycles. The van der Waals surface area contributed by atoms with Crippen molar-refractivity contribution in [3.8, 4) is 17.1 Å². The third-order valence-corrected chi connectivity index (χ3v) is 5.31. The molecule has 170 valence electrons. The summed E-state index contributed by atoms with van der Waals surface area (Å²) in [7, 11) is 0. The first-order valence-electron chi connectivity index (χ1n) is 12.1. The molecule has 0 N–H and O–H groups in total. The van der Waals surface area contributed by atoms with Gasteiger partial charge >= 0.3 is 0 Å². The van der Waals surface area contributed by atoms with Gasteiger partial charge in [0.05, 0.1) is 25.1 Å². The Morgan fingerprint density at radius 3 is 2.32 bits per heavy atom. The van der Waals surface area contributed by atoms with Gasteiger partial charge in [-0.3, -0.25) is 0 Å². The lowest BCUT2D eigenvalue weighted by atomic mass is 10.1. The van der Waals surface area contributed by atoms with Crippen molar-refractivity contribution in [2.75, 3.05) is 13.2 Å². The van der Waals surface area contributed by atoms with Crippen molar-refractivity contribution in [3.05, 3.63) is 48.3 Å². The van der Waals surface area contributed by atoms with Crippen LogP contribution in [-0.2, 0) is 4.74 Å². The quantitative estimate of drug-likeness (QED) is 0.262. The molecule has 0 aliphatic carbocycles. The number of hydrogen-bond acceptors (Lipinski definition) is 4. The number of rotatable bonds is 16. The zero-order chi connectivity index (χ0) is 22.2. The maximum absolute atomic E-state index is 5.77. The minimum absolute atomic E-state index is 0.352. The number of ether oxygens (including phenoxy) is 2. The number of nitrogens with zero attached hydrogens (tertiary/aromatic N) is 2. The molecule has 0 aliphatic rings. The van der Waals surface area contributed by atoms with Crippen LogP contribution in [0.2, 0.25) is 0 Å². The molecule has 1 atom stereocenters. The first-order chi connectivity index (χ1) is 15.2. The van der Waals surface area contributed by atoms with Gasteiger partial charge < -0.3 is 9.47 Å². The van der Waals surface area contributed by atoms with E-state index in [-0.39, 0.29) is 0 Å². The Kier molecular flexibility index (Phi) is 12.6. The van der Waals surface area contributed by atoms with Gasteiger partial charge in [0, 0.05) is 12.2 Å². The van der Waals surface area contributed by atoms with E-state index in [1.54, 1.807) is 12.4 Å². The van der Waals surface area contributed by atoms with Crippen molar-refractivity contribution in [1.29, 1.82) is 0 Å². The molecule has 1 aromatic heterocycles. The number of unbranched alkanes of at least 4 members (excludes halogenated alkanes) is 6. The van der Waals surface area contributed by atoms with Crippen LogP contribution >= 0.6 is 0 Å². The van der Waals surface area contributed by atoms with Crippen molar-refractivity contribution in [2.24, 2.45) is 0 Å². The maximum atomic E-state index is 5.77. The van der Waals surface area contributed by atoms with Crippen LogP contribution in [0.1, 0.15) is 84.1 Å². The normalized spacial score (nSPS) is 12.4. The number of hydrogen-bond donors (Lipinski definition) is 0. The molecule has 1 aromatic carbocycles. The van der Waals surface area contributed by atoms with Crippen molar-refractivity contribution in [1.82, 2.24) is 9.97 Å². The van der Waals surface area contributed by atoms with E-state index in [2.05, 4.69) is 60.2 Å². The van der Waals surface area contributed by atoms with Crippen molar-refractivity contribution >= 4 is 6.08 Å². The zero-order valence-electron chi connectivity index (χ0n) is 19.7. The average molecular weight is 425 g/mol. The van der Waals surface area contributed by atoms with Crippen LogP contribution in [0.5, 0.6) is 5.75 Å². The molecule has 2 rings (SSSR count). The fourth-order valence-electron chi connectivity index (χ4n) is 3.47. The summed E-state index contributed by atoms with van der Waals surface area (Å²) in [4.78, 5) is 8.94. The topological polar surface area (TPSA) is 44.2 Å². The monoisotopic (exact) mass is 424 g/mol. The molecule has 31 heavy (non-hydrogen) atoms. The van der Waals surface area contributed by atoms with Crippen molar-refractivity contribution in [2.45, 2.75) is 84.7 Å². The molecular formula is C27H40N2O2. The highest BCUT2D eigenvalue weighted by atomic mass is 16.5. The predicted octanol–water partition coefficient (Wildman–Crippen LogP) is 7.49. The van der Waals surface area contributed by atoms with Gasteiger partial charge in [0.25, 0.3) is 0 Å². The van der Waals surface area contributed by atoms with E-state index in [1.807, 2.05) is 6.92 Å². The lowest BCUT2D eigenvalue weighted by Gasteiger charge is -2.09. The van der Waals surface area contributed by atoms with Crippen molar-refractivity contribution in [3.63, 3.8) is 0 Å². The Hall–Kier alpha value is -2.20. The molecule has 4 heteroatoms. The number of benzene rings is 1. The Labute approximate surface area is 189 Å². The highest BCUT2D eigenvalue weighted by Gasteiger charge is 2.03. The first kappa shape index (κ1) is 25.1. The van der Waals surface area contributed by atoms with E-state index in [0.29, 0.717) is 6.10 Å². The first-order valence-corrected chi connectivity index (χ1v) is 12.1. The third kappa shape index (κ3) is 10.6. The molecule has 1 heterocycles. The second-order valence-corrected chi connectivity index (χ2v) is 8.08. The highest BCUT2D eigenvalue weighted by molar-refractivity contribution is 5.59. The zero-order valence-corrected chi connectivity index (χ0v) is 19.7. The number of aromatic nitrogens is 2. The van der Waals surface area contributed by atoms with E-state index in [9.17, 15) is 0 Å². The average Bonchev–Trinajstić information content (AvgIpc) is 2.79. The highest BCUT2D eigenvalue weighted by Crippen LogP contribution is 2.18. The maximum Gasteiger partial charge on any atom is 0.159 e. The van der Waals surface area contributed by atoms with Crippen LogP contribution in [0, 0.1) is 0 Å². The van der Waals surface area contributed by atoms with Gasteiger partial charge in [-0.05, 0) is 45.1 Å². The molecular weight excluding hydrogens is 384 g/mol. The van der Waals surface area contributed by atoms with Gasteiger partial charge in [0.15, 0.2) is 11.6 Å². The summed E-state index contributed by atoms with van der Waals surface area (Å²) in [6, 6.07) is 8.37. The van der Waals surface area contributed by atoms with Crippen LogP contribution in [-0.4, -0.2) is 29.3 Å². The summed E-state index contributed by atoms with van der Waals surface area (Å²) < 4.78 is 11.3. The Balaban J connectivity index is 1.71. The molecule has 0 spiro atoms. The third-order valence-electron chi connectivity index (χ3n) is 5.31. The van der Waals surface area contributed by atoms with Crippen LogP contribution in [0.4, 0.5) is 0 Å². The second kappa shape index (κ2) is 15.6. The lowest BCUT2D eigenvalue weighted by Crippen LogP contribution is -2.06. The molecule has 0 bridgehead atoms. The van der Waals surface area contributed by atoms with Crippen LogP contribution in [0.15, 0.2) is 42.7 Å². The Morgan fingerprint density at radius 1 is 0.903 bits per heavy atom. The predicted molar refractivity (Wildman–Crippen MR) is 130 cm³/mol. The van der Waals surface area contributed by atoms with Gasteiger partial charge in [-0.2, -0.15) is 0 Å². The standard InChI is InChI=1S/C27H40N2O2/c1-4-6-7-8-9-13-20-31-26-21-28-27(29-22-26)25-18-16-24(17-19-25)15-12-10-11-14-23(3)30-5-2/h12,15-19,21-23H,4-11,13-14,20H2,1-3H3/b15-12+. The molecule has 1 unspecified atom stereocenters. The Bertz CT molecular complexity index is 726. The van der Waals surface area contributed by atoms with Gasteiger partial charge in [-0.1, -0.05) is 75.4 Å². The minimum atomic E-state index is 0.352. The van der Waals surface area contributed by atoms with Crippen LogP contribution in [0.3, 0.4) is 0 Å². The van der Waals surface area contributed by atoms with E-state index < -0.39 is 0 Å². The van der Waals surface area contributed by atoms with E-state index in [0.717, 1.165) is 56.0 Å². The molecule has 2 aromatic rings. The van der Waals surface area contributed by atoms with Crippen molar-refractivity contribution < 1.29 is 9.47 Å². The lowest BCUT2D eigenvalue weighted by molar-refractivity contribution is 0.0691. The summed E-state index contributed by atoms with van der Waals surface area (Å²) in [5.74, 6) is 1.47. The van der Waals surface area contributed by atoms with E-state index in [4.69, 9.17) is 9.47 Å². The van der Waals surface area contributed by atoms with E-state index >= 15 is 0 Å². The fourth-order valence-corrected chi connectivity index (χ4v) is 3.47. The molecule has 4 nitrogen and oxygen atoms in total. The second-order valence-electron chi connectivity index (χ2n) is 8.08. The van der Waals surface area contributed by atoms with Crippen LogP contribution < -0.4 is 4.74 Å². The summed E-state index contributed by atoms with van der Waals surface area (Å²) in [5, 5.41) is 0. The summed E-state index contributed by atoms with van der Waals surface area (Å²) >= 11 is 0. The summed E-state index contributed by atoms with van der Waals surface area (Å²) in [6.45, 7) is 7.96. The molecule has 0 saturated heterocycles. The SMILES string of the molecule is CCCCCCCCOc1cnc(-c2ccc(/C=C/CCCC(C)OCC)cc2)nc1. The molecule has 0 fully saturated rings. The molecule has 0 radical (unpaired) electrons. The summed E-state index contributed by atoms with van der Waals surface area (Å²) in [5.41, 5.74) is 2.21. The van der Waals surface area contributed by atoms with Gasteiger partial charge in [0.1, 0.15) is 0 Å². The smallest absolute Gasteiger partial charge is 0.159 e. The fraction of sp³-hybridized carbons (Fsp3) is 0.556. The molecule has 0 aliphatic heterocycles. The Morgan fingerprint density at radius 2 is 1.61 bits per heavy atom.